The van der Waals surface area contributed by atoms with Gasteiger partial charge in [0.2, 0.25) is 0 Å². The number of benzene rings is 1. The van der Waals surface area contributed by atoms with Gasteiger partial charge in [-0.25, -0.2) is 0 Å². The number of ether oxygens (including phenoxy) is 1. The second-order valence-corrected chi connectivity index (χ2v) is 5.11. The Labute approximate surface area is 118 Å². The lowest BCUT2D eigenvalue weighted by Crippen LogP contribution is -2.13. The smallest absolute Gasteiger partial charge is 0.0570 e. The van der Waals surface area contributed by atoms with Crippen LogP contribution in [0.3, 0.4) is 0 Å². The number of hydrogen-bond acceptors (Lipinski definition) is 3. The fourth-order valence-corrected chi connectivity index (χ4v) is 2.24. The van der Waals surface area contributed by atoms with Crippen molar-refractivity contribution < 1.29 is 4.74 Å². The van der Waals surface area contributed by atoms with Crippen LogP contribution in [0.15, 0.2) is 12.1 Å². The molecular weight excluding hydrogens is 260 g/mol. The number of halogens is 1. The van der Waals surface area contributed by atoms with E-state index in [0.717, 1.165) is 31.6 Å². The van der Waals surface area contributed by atoms with Crippen LogP contribution in [-0.4, -0.2) is 18.9 Å². The molecule has 0 bridgehead atoms. The van der Waals surface area contributed by atoms with Crippen LogP contribution in [0.4, 0.5) is 5.69 Å². The van der Waals surface area contributed by atoms with Gasteiger partial charge in [0, 0.05) is 41.7 Å². The molecule has 0 atom stereocenters. The molecule has 1 fully saturated rings. The predicted molar refractivity (Wildman–Crippen MR) is 78.8 cm³/mol. The van der Waals surface area contributed by atoms with E-state index in [-0.39, 0.29) is 0 Å². The minimum Gasteiger partial charge on any atom is -0.398 e. The van der Waals surface area contributed by atoms with Gasteiger partial charge in [0.25, 0.3) is 0 Å². The molecule has 2 rings (SSSR count). The first-order valence-corrected chi connectivity index (χ1v) is 6.69. The van der Waals surface area contributed by atoms with Crippen molar-refractivity contribution in [3.63, 3.8) is 0 Å². The van der Waals surface area contributed by atoms with E-state index in [1.165, 1.54) is 0 Å². The summed E-state index contributed by atoms with van der Waals surface area (Å²) in [6, 6.07) is 3.47. The summed E-state index contributed by atoms with van der Waals surface area (Å²) in [6.07, 6.45) is 1.94. The number of anilines is 1. The molecule has 0 spiro atoms. The summed E-state index contributed by atoms with van der Waals surface area (Å²) in [6.45, 7) is 3.25. The molecule has 0 amide bonds. The average molecular weight is 277 g/mol. The van der Waals surface area contributed by atoms with E-state index >= 15 is 0 Å². The molecular formula is C15H17ClN2O. The van der Waals surface area contributed by atoms with Crippen LogP contribution in [-0.2, 0) is 4.74 Å². The Hall–Kier alpha value is -1.50. The van der Waals surface area contributed by atoms with Crippen LogP contribution < -0.4 is 5.73 Å². The Balaban J connectivity index is 2.23. The van der Waals surface area contributed by atoms with Crippen molar-refractivity contribution in [3.05, 3.63) is 28.3 Å². The number of nitrogens with one attached hydrogen (secondary N) is 1. The van der Waals surface area contributed by atoms with Crippen LogP contribution in [0.1, 0.15) is 30.9 Å². The van der Waals surface area contributed by atoms with Gasteiger partial charge in [-0.05, 0) is 31.9 Å². The quantitative estimate of drug-likeness (QED) is 0.470. The maximum atomic E-state index is 7.62. The highest BCUT2D eigenvalue weighted by molar-refractivity contribution is 6.32. The van der Waals surface area contributed by atoms with Gasteiger partial charge >= 0.3 is 0 Å². The number of nitrogen functional groups attached to an aromatic ring is 1. The van der Waals surface area contributed by atoms with Crippen LogP contribution in [0.25, 0.3) is 0 Å². The lowest BCUT2D eigenvalue weighted by molar-refractivity contribution is 0.0807. The second kappa shape index (κ2) is 6.10. The molecule has 0 radical (unpaired) electrons. The molecule has 1 aromatic rings. The molecule has 0 unspecified atom stereocenters. The molecule has 1 aromatic carbocycles. The first kappa shape index (κ1) is 13.9. The maximum Gasteiger partial charge on any atom is 0.0570 e. The minimum absolute atomic E-state index is 0.371. The fourth-order valence-electron chi connectivity index (χ4n) is 2.03. The molecule has 19 heavy (non-hydrogen) atoms. The molecule has 1 aliphatic heterocycles. The highest BCUT2D eigenvalue weighted by Crippen LogP contribution is 2.23. The molecule has 1 heterocycles. The Morgan fingerprint density at radius 1 is 1.42 bits per heavy atom. The summed E-state index contributed by atoms with van der Waals surface area (Å²) >= 11 is 6.18. The van der Waals surface area contributed by atoms with Crippen LogP contribution >= 0.6 is 11.6 Å². The Morgan fingerprint density at radius 3 is 2.74 bits per heavy atom. The number of hydrogen-bond donors (Lipinski definition) is 2. The van der Waals surface area contributed by atoms with Crippen LogP contribution in [0.2, 0.25) is 5.02 Å². The monoisotopic (exact) mass is 276 g/mol. The Morgan fingerprint density at radius 2 is 2.11 bits per heavy atom. The normalized spacial score (nSPS) is 15.7. The first-order chi connectivity index (χ1) is 9.08. The zero-order valence-corrected chi connectivity index (χ0v) is 11.7. The molecule has 1 aliphatic rings. The molecule has 0 aliphatic carbocycles. The largest absolute Gasteiger partial charge is 0.398 e. The molecule has 0 saturated carbocycles. The van der Waals surface area contributed by atoms with E-state index in [9.17, 15) is 0 Å². The van der Waals surface area contributed by atoms with Crippen molar-refractivity contribution in [3.8, 4) is 11.8 Å². The van der Waals surface area contributed by atoms with E-state index in [4.69, 9.17) is 27.5 Å². The van der Waals surface area contributed by atoms with E-state index in [2.05, 4.69) is 11.8 Å². The van der Waals surface area contributed by atoms with Crippen molar-refractivity contribution >= 4 is 23.0 Å². The molecule has 3 nitrogen and oxygen atoms in total. The number of nitrogens with two attached hydrogens (primary N) is 1. The first-order valence-electron chi connectivity index (χ1n) is 6.31. The van der Waals surface area contributed by atoms with Gasteiger partial charge in [0.1, 0.15) is 0 Å². The SMILES string of the molecule is CC(=N)c1cc(Cl)c(C#CC2CCOCC2)cc1N. The van der Waals surface area contributed by atoms with Crippen molar-refractivity contribution in [1.82, 2.24) is 0 Å². The molecule has 4 heteroatoms. The summed E-state index contributed by atoms with van der Waals surface area (Å²) in [5.41, 5.74) is 8.27. The Bertz CT molecular complexity index is 551. The highest BCUT2D eigenvalue weighted by atomic mass is 35.5. The maximum absolute atomic E-state index is 7.62. The van der Waals surface area contributed by atoms with Crippen molar-refractivity contribution in [1.29, 1.82) is 5.41 Å². The van der Waals surface area contributed by atoms with Gasteiger partial charge in [0.15, 0.2) is 0 Å². The van der Waals surface area contributed by atoms with E-state index in [1.54, 1.807) is 19.1 Å². The van der Waals surface area contributed by atoms with E-state index < -0.39 is 0 Å². The lowest BCUT2D eigenvalue weighted by atomic mass is 10.00. The summed E-state index contributed by atoms with van der Waals surface area (Å²) in [5, 5.41) is 8.17. The zero-order chi connectivity index (χ0) is 13.8. The van der Waals surface area contributed by atoms with Crippen LogP contribution in [0.5, 0.6) is 0 Å². The molecule has 0 aromatic heterocycles. The standard InChI is InChI=1S/C15H17ClN2O/c1-10(17)13-9-14(16)12(8-15(13)18)3-2-11-4-6-19-7-5-11/h8-9,11,17H,4-7,18H2,1H3. The Kier molecular flexibility index (Phi) is 4.47. The van der Waals surface area contributed by atoms with E-state index in [0.29, 0.717) is 27.9 Å². The van der Waals surface area contributed by atoms with Gasteiger partial charge in [-0.3, -0.25) is 0 Å². The highest BCUT2D eigenvalue weighted by Gasteiger charge is 2.11. The van der Waals surface area contributed by atoms with Gasteiger partial charge in [-0.1, -0.05) is 23.4 Å². The third-order valence-electron chi connectivity index (χ3n) is 3.18. The van der Waals surface area contributed by atoms with Crippen molar-refractivity contribution in [2.75, 3.05) is 18.9 Å². The molecule has 1 saturated heterocycles. The zero-order valence-electron chi connectivity index (χ0n) is 10.9. The lowest BCUT2D eigenvalue weighted by Gasteiger charge is -2.16. The van der Waals surface area contributed by atoms with Crippen LogP contribution in [0, 0.1) is 23.2 Å². The van der Waals surface area contributed by atoms with Crippen molar-refractivity contribution in [2.24, 2.45) is 5.92 Å². The van der Waals surface area contributed by atoms with Gasteiger partial charge in [-0.15, -0.1) is 0 Å². The number of rotatable bonds is 1. The summed E-state index contributed by atoms with van der Waals surface area (Å²) in [7, 11) is 0. The average Bonchev–Trinajstić information content (AvgIpc) is 2.40. The summed E-state index contributed by atoms with van der Waals surface area (Å²) in [5.74, 6) is 6.70. The predicted octanol–water partition coefficient (Wildman–Crippen LogP) is 3.09. The van der Waals surface area contributed by atoms with Gasteiger partial charge in [0.05, 0.1) is 5.02 Å². The third-order valence-corrected chi connectivity index (χ3v) is 3.49. The fraction of sp³-hybridized carbons (Fsp3) is 0.400. The molecule has 100 valence electrons. The van der Waals surface area contributed by atoms with Gasteiger partial charge in [-0.2, -0.15) is 0 Å². The third kappa shape index (κ3) is 3.50. The molecule has 3 N–H and O–H groups in total. The van der Waals surface area contributed by atoms with E-state index in [1.807, 2.05) is 0 Å². The summed E-state index contributed by atoms with van der Waals surface area (Å²) < 4.78 is 5.30. The topological polar surface area (TPSA) is 59.1 Å². The van der Waals surface area contributed by atoms with Gasteiger partial charge < -0.3 is 15.9 Å². The second-order valence-electron chi connectivity index (χ2n) is 4.70. The summed E-state index contributed by atoms with van der Waals surface area (Å²) in [4.78, 5) is 0. The minimum atomic E-state index is 0.371. The van der Waals surface area contributed by atoms with Crippen molar-refractivity contribution in [2.45, 2.75) is 19.8 Å².